The molecule has 1 aliphatic heterocycles. The highest BCUT2D eigenvalue weighted by Gasteiger charge is 2.24. The molecule has 1 aromatic heterocycles. The van der Waals surface area contributed by atoms with Crippen molar-refractivity contribution in [3.8, 4) is 28.0 Å². The van der Waals surface area contributed by atoms with Crippen LogP contribution in [0.1, 0.15) is 33.5 Å². The summed E-state index contributed by atoms with van der Waals surface area (Å²) < 4.78 is 27.3. The molecule has 2 atom stereocenters. The first kappa shape index (κ1) is 30.9. The van der Waals surface area contributed by atoms with Gasteiger partial charge in [0.05, 0.1) is 19.8 Å². The Balaban J connectivity index is 1.44. The number of benzene rings is 3. The molecule has 0 unspecified atom stereocenters. The fourth-order valence-electron chi connectivity index (χ4n) is 5.54. The number of anilines is 1. The molecule has 3 aromatic carbocycles. The minimum absolute atomic E-state index is 0.186. The number of hydrogen-bond acceptors (Lipinski definition) is 7. The molecule has 0 spiro atoms. The molecule has 1 saturated heterocycles. The van der Waals surface area contributed by atoms with Gasteiger partial charge < -0.3 is 30.2 Å². The number of aliphatic hydroxyl groups is 1. The molecule has 1 amide bonds. The van der Waals surface area contributed by atoms with Gasteiger partial charge in [-0.3, -0.25) is 14.2 Å². The average Bonchev–Trinajstić information content (AvgIpc) is 3.01. The van der Waals surface area contributed by atoms with Crippen molar-refractivity contribution in [1.82, 2.24) is 14.9 Å². The Labute approximate surface area is 253 Å². The van der Waals surface area contributed by atoms with Gasteiger partial charge in [-0.2, -0.15) is 0 Å². The van der Waals surface area contributed by atoms with E-state index < -0.39 is 29.1 Å². The summed E-state index contributed by atoms with van der Waals surface area (Å²) in [4.78, 5) is 39.5. The second-order valence-corrected chi connectivity index (χ2v) is 10.8. The Morgan fingerprint density at radius 3 is 2.55 bits per heavy atom. The highest BCUT2D eigenvalue weighted by atomic mass is 19.1. The maximum absolute atomic E-state index is 15.6. The molecular weight excluding hydrogens is 567 g/mol. The zero-order valence-corrected chi connectivity index (χ0v) is 25.0. The molecule has 10 nitrogen and oxygen atoms in total. The number of nitrogens with one attached hydrogen (secondary N) is 3. The van der Waals surface area contributed by atoms with E-state index in [9.17, 15) is 19.5 Å². The van der Waals surface area contributed by atoms with E-state index in [-0.39, 0.29) is 24.8 Å². The minimum Gasteiger partial charge on any atom is -0.496 e. The number of halogens is 1. The molecule has 230 valence electrons. The quantitative estimate of drug-likeness (QED) is 0.242. The molecule has 0 radical (unpaired) electrons. The molecular formula is C33H35FN4O6. The molecule has 1 aliphatic rings. The van der Waals surface area contributed by atoms with Crippen LogP contribution in [0.5, 0.6) is 5.75 Å². The molecule has 1 fully saturated rings. The van der Waals surface area contributed by atoms with Gasteiger partial charge in [-0.1, -0.05) is 30.3 Å². The first-order valence-corrected chi connectivity index (χ1v) is 14.3. The Hall–Kier alpha value is -4.58. The van der Waals surface area contributed by atoms with Crippen LogP contribution < -0.4 is 26.6 Å². The van der Waals surface area contributed by atoms with Crippen LogP contribution in [0.3, 0.4) is 0 Å². The number of H-pyrrole nitrogens is 1. The summed E-state index contributed by atoms with van der Waals surface area (Å²) in [6.45, 7) is 4.79. The molecule has 0 bridgehead atoms. The summed E-state index contributed by atoms with van der Waals surface area (Å²) in [5.41, 5.74) is 4.23. The lowest BCUT2D eigenvalue weighted by atomic mass is 9.90. The monoisotopic (exact) mass is 602 g/mol. The molecule has 4 N–H and O–H groups in total. The van der Waals surface area contributed by atoms with Crippen molar-refractivity contribution in [2.75, 3.05) is 25.6 Å². The standard InChI is InChI=1S/C33H35FN4O6/c1-18-21(20-13-26(34)24(30(14-20)43-4)15-35-28-11-12-44-17-29(28)39)7-5-8-22(18)23-9-6-10-27(19(23)2)37-31(40)25-16-36-33(42)38(3)32(25)41/h5-10,13-14,16,28-29,35,39H,11-12,15,17H2,1-4H3,(H,36,42)(H,37,40)/t28-,29+/m1/s1. The van der Waals surface area contributed by atoms with Gasteiger partial charge in [0, 0.05) is 43.7 Å². The lowest BCUT2D eigenvalue weighted by molar-refractivity contribution is -0.0281. The fourth-order valence-corrected chi connectivity index (χ4v) is 5.54. The number of aromatic amines is 1. The predicted octanol–water partition coefficient (Wildman–Crippen LogP) is 3.66. The first-order valence-electron chi connectivity index (χ1n) is 14.3. The molecule has 44 heavy (non-hydrogen) atoms. The number of amides is 1. The predicted molar refractivity (Wildman–Crippen MR) is 166 cm³/mol. The fraction of sp³-hybridized carbons (Fsp3) is 0.303. The lowest BCUT2D eigenvalue weighted by Gasteiger charge is -2.29. The third kappa shape index (κ3) is 6.07. The second-order valence-electron chi connectivity index (χ2n) is 10.8. The normalized spacial score (nSPS) is 16.5. The summed E-state index contributed by atoms with van der Waals surface area (Å²) in [6, 6.07) is 14.3. The van der Waals surface area contributed by atoms with Crippen LogP contribution in [0.15, 0.2) is 64.3 Å². The van der Waals surface area contributed by atoms with Gasteiger partial charge in [-0.15, -0.1) is 0 Å². The van der Waals surface area contributed by atoms with Crippen molar-refractivity contribution >= 4 is 11.6 Å². The summed E-state index contributed by atoms with van der Waals surface area (Å²) in [7, 11) is 2.80. The maximum atomic E-state index is 15.6. The van der Waals surface area contributed by atoms with Crippen LogP contribution in [0, 0.1) is 19.7 Å². The first-order chi connectivity index (χ1) is 21.1. The zero-order chi connectivity index (χ0) is 31.5. The van der Waals surface area contributed by atoms with Gasteiger partial charge in [0.15, 0.2) is 0 Å². The van der Waals surface area contributed by atoms with E-state index in [0.29, 0.717) is 35.6 Å². The van der Waals surface area contributed by atoms with Gasteiger partial charge in [-0.25, -0.2) is 9.18 Å². The topological polar surface area (TPSA) is 135 Å². The maximum Gasteiger partial charge on any atom is 0.328 e. The number of aromatic nitrogens is 2. The van der Waals surface area contributed by atoms with Gasteiger partial charge in [0.1, 0.15) is 17.1 Å². The molecule has 4 aromatic rings. The van der Waals surface area contributed by atoms with E-state index in [4.69, 9.17) is 9.47 Å². The van der Waals surface area contributed by atoms with Crippen LogP contribution in [0.25, 0.3) is 22.3 Å². The van der Waals surface area contributed by atoms with Gasteiger partial charge in [0.2, 0.25) is 0 Å². The van der Waals surface area contributed by atoms with Crippen LogP contribution in [-0.4, -0.2) is 53.0 Å². The smallest absolute Gasteiger partial charge is 0.328 e. The van der Waals surface area contributed by atoms with E-state index in [1.807, 2.05) is 38.1 Å². The van der Waals surface area contributed by atoms with Crippen molar-refractivity contribution in [2.24, 2.45) is 7.05 Å². The number of carbonyl (C=O) groups excluding carboxylic acids is 1. The summed E-state index contributed by atoms with van der Waals surface area (Å²) in [5, 5.41) is 16.2. The third-order valence-electron chi connectivity index (χ3n) is 8.18. The molecule has 0 aliphatic carbocycles. The van der Waals surface area contributed by atoms with Crippen molar-refractivity contribution < 1.29 is 23.8 Å². The SMILES string of the molecule is COc1cc(-c2cccc(-c3cccc(NC(=O)c4c[nH]c(=O)n(C)c4=O)c3C)c2C)cc(F)c1CN[C@@H]1CCOC[C@@H]1O. The molecule has 2 heterocycles. The number of carbonyl (C=O) groups is 1. The highest BCUT2D eigenvalue weighted by Crippen LogP contribution is 2.37. The van der Waals surface area contributed by atoms with Crippen molar-refractivity contribution in [2.45, 2.75) is 39.0 Å². The molecule has 5 rings (SSSR count). The van der Waals surface area contributed by atoms with Gasteiger partial charge in [-0.05, 0) is 71.8 Å². The second kappa shape index (κ2) is 13.0. The van der Waals surface area contributed by atoms with Crippen molar-refractivity contribution in [3.63, 3.8) is 0 Å². The summed E-state index contributed by atoms with van der Waals surface area (Å²) in [6.07, 6.45) is 1.08. The van der Waals surface area contributed by atoms with E-state index in [1.165, 1.54) is 20.2 Å². The summed E-state index contributed by atoms with van der Waals surface area (Å²) >= 11 is 0. The number of nitrogens with zero attached hydrogens (tertiary/aromatic N) is 1. The molecule has 11 heteroatoms. The highest BCUT2D eigenvalue weighted by molar-refractivity contribution is 6.04. The van der Waals surface area contributed by atoms with Crippen LogP contribution in [0.4, 0.5) is 10.1 Å². The Kier molecular flexibility index (Phi) is 9.09. The third-order valence-corrected chi connectivity index (χ3v) is 8.18. The molecule has 0 saturated carbocycles. The number of rotatable bonds is 8. The zero-order valence-electron chi connectivity index (χ0n) is 25.0. The van der Waals surface area contributed by atoms with E-state index in [1.54, 1.807) is 18.2 Å². The lowest BCUT2D eigenvalue weighted by Crippen LogP contribution is -2.46. The van der Waals surface area contributed by atoms with Crippen molar-refractivity contribution in [3.05, 3.63) is 104 Å². The van der Waals surface area contributed by atoms with E-state index in [0.717, 1.165) is 38.6 Å². The Morgan fingerprint density at radius 2 is 1.82 bits per heavy atom. The Bertz CT molecular complexity index is 1830. The van der Waals surface area contributed by atoms with Crippen molar-refractivity contribution in [1.29, 1.82) is 0 Å². The average molecular weight is 603 g/mol. The summed E-state index contributed by atoms with van der Waals surface area (Å²) in [5.74, 6) is -0.670. The van der Waals surface area contributed by atoms with E-state index >= 15 is 4.39 Å². The van der Waals surface area contributed by atoms with Gasteiger partial charge >= 0.3 is 5.69 Å². The number of methoxy groups -OCH3 is 1. The van der Waals surface area contributed by atoms with E-state index in [2.05, 4.69) is 15.6 Å². The number of ether oxygens (including phenoxy) is 2. The number of aliphatic hydroxyl groups excluding tert-OH is 1. The Morgan fingerprint density at radius 1 is 1.11 bits per heavy atom. The largest absolute Gasteiger partial charge is 0.496 e. The van der Waals surface area contributed by atoms with Crippen LogP contribution in [-0.2, 0) is 18.3 Å². The van der Waals surface area contributed by atoms with Crippen LogP contribution in [0.2, 0.25) is 0 Å². The number of hydrogen-bond donors (Lipinski definition) is 4. The minimum atomic E-state index is -0.700. The van der Waals surface area contributed by atoms with Gasteiger partial charge in [0.25, 0.3) is 11.5 Å². The van der Waals surface area contributed by atoms with Crippen LogP contribution >= 0.6 is 0 Å².